The quantitative estimate of drug-likeness (QED) is 0.557. The van der Waals surface area contributed by atoms with Crippen LogP contribution in [0.25, 0.3) is 5.78 Å². The minimum Gasteiger partial charge on any atom is -0.216 e. The molecule has 2 aromatic rings. The molecule has 0 aromatic carbocycles. The van der Waals surface area contributed by atoms with Crippen molar-refractivity contribution in [1.82, 2.24) is 19.6 Å². The molecule has 0 saturated heterocycles. The lowest BCUT2D eigenvalue weighted by Crippen LogP contribution is -2.07. The number of rotatable bonds is 0. The molecule has 2 aromatic heterocycles. The molecule has 15 heavy (non-hydrogen) atoms. The Morgan fingerprint density at radius 3 is 2.60 bits per heavy atom. The van der Waals surface area contributed by atoms with Gasteiger partial charge in [-0.1, -0.05) is 0 Å². The monoisotopic (exact) mass is 234 g/mol. The Morgan fingerprint density at radius 1 is 1.33 bits per heavy atom. The van der Waals surface area contributed by atoms with Crippen molar-refractivity contribution in [2.24, 2.45) is 0 Å². The van der Waals surface area contributed by atoms with Crippen molar-refractivity contribution < 1.29 is 13.2 Å². The van der Waals surface area contributed by atoms with E-state index in [-0.39, 0.29) is 10.8 Å². The fourth-order valence-corrected chi connectivity index (χ4v) is 1.41. The lowest BCUT2D eigenvalue weighted by molar-refractivity contribution is -0.144. The van der Waals surface area contributed by atoms with Gasteiger partial charge in [0.15, 0.2) is 0 Å². The summed E-state index contributed by atoms with van der Waals surface area (Å²) in [4.78, 5) is 7.08. The summed E-state index contributed by atoms with van der Waals surface area (Å²) >= 11 is 3.98. The molecule has 0 amide bonds. The van der Waals surface area contributed by atoms with Crippen LogP contribution in [0, 0.1) is 6.92 Å². The topological polar surface area (TPSA) is 43.1 Å². The Labute approximate surface area is 87.6 Å². The van der Waals surface area contributed by atoms with Crippen LogP contribution in [-0.2, 0) is 6.18 Å². The maximum atomic E-state index is 12.3. The van der Waals surface area contributed by atoms with Crippen LogP contribution < -0.4 is 0 Å². The van der Waals surface area contributed by atoms with Gasteiger partial charge in [-0.25, -0.2) is 4.98 Å². The summed E-state index contributed by atoms with van der Waals surface area (Å²) in [6, 6.07) is 1.50. The van der Waals surface area contributed by atoms with Crippen LogP contribution in [-0.4, -0.2) is 19.6 Å². The van der Waals surface area contributed by atoms with E-state index in [1.54, 1.807) is 6.92 Å². The van der Waals surface area contributed by atoms with E-state index in [9.17, 15) is 13.2 Å². The first-order valence-corrected chi connectivity index (χ1v) is 4.33. The first-order valence-electron chi connectivity index (χ1n) is 3.88. The molecular formula is C7H5F3N4S. The number of aryl methyl sites for hydroxylation is 1. The maximum Gasteiger partial charge on any atom is 0.453 e. The van der Waals surface area contributed by atoms with Gasteiger partial charge in [0.25, 0.3) is 11.6 Å². The number of nitrogens with zero attached hydrogens (tertiary/aromatic N) is 4. The fraction of sp³-hybridized carbons (Fsp3) is 0.286. The van der Waals surface area contributed by atoms with Gasteiger partial charge in [0.05, 0.1) is 0 Å². The maximum absolute atomic E-state index is 12.3. The Bertz CT molecular complexity index is 519. The van der Waals surface area contributed by atoms with Crippen molar-refractivity contribution in [3.63, 3.8) is 0 Å². The summed E-state index contributed by atoms with van der Waals surface area (Å²) in [5, 5.41) is 3.53. The Balaban J connectivity index is 2.71. The van der Waals surface area contributed by atoms with E-state index in [0.29, 0.717) is 5.69 Å². The third-order valence-electron chi connectivity index (χ3n) is 1.67. The Hall–Kier alpha value is -1.31. The van der Waals surface area contributed by atoms with Gasteiger partial charge >= 0.3 is 6.18 Å². The number of alkyl halides is 3. The molecular weight excluding hydrogens is 229 g/mol. The van der Waals surface area contributed by atoms with Crippen LogP contribution in [0.2, 0.25) is 0 Å². The first kappa shape index (κ1) is 10.2. The Morgan fingerprint density at radius 2 is 2.00 bits per heavy atom. The molecule has 8 heteroatoms. The highest BCUT2D eigenvalue weighted by Gasteiger charge is 2.36. The van der Waals surface area contributed by atoms with Gasteiger partial charge in [-0.05, 0) is 13.0 Å². The van der Waals surface area contributed by atoms with Gasteiger partial charge in [-0.3, -0.25) is 0 Å². The fourth-order valence-electron chi connectivity index (χ4n) is 1.09. The molecule has 80 valence electrons. The molecule has 0 N–H and O–H groups in total. The molecule has 2 heterocycles. The molecule has 0 bridgehead atoms. The number of hydrogen-bond donors (Lipinski definition) is 1. The van der Waals surface area contributed by atoms with E-state index in [1.807, 2.05) is 0 Å². The van der Waals surface area contributed by atoms with Crippen molar-refractivity contribution in [2.45, 2.75) is 18.1 Å². The van der Waals surface area contributed by atoms with Crippen LogP contribution in [0.3, 0.4) is 0 Å². The summed E-state index contributed by atoms with van der Waals surface area (Å²) in [5.41, 5.74) is 0.536. The van der Waals surface area contributed by atoms with Gasteiger partial charge in [-0.15, -0.1) is 17.7 Å². The summed E-state index contributed by atoms with van der Waals surface area (Å²) in [6.45, 7) is 1.64. The summed E-state index contributed by atoms with van der Waals surface area (Å²) < 4.78 is 37.7. The lowest BCUT2D eigenvalue weighted by atomic mass is 10.5. The van der Waals surface area contributed by atoms with Crippen LogP contribution in [0.4, 0.5) is 13.2 Å². The van der Waals surface area contributed by atoms with Crippen molar-refractivity contribution in [3.05, 3.63) is 17.6 Å². The van der Waals surface area contributed by atoms with Crippen molar-refractivity contribution in [2.75, 3.05) is 0 Å². The molecule has 0 atom stereocenters. The minimum atomic E-state index is -4.57. The zero-order valence-corrected chi connectivity index (χ0v) is 8.34. The molecule has 0 aliphatic carbocycles. The third kappa shape index (κ3) is 1.76. The number of thiol groups is 1. The molecule has 2 rings (SSSR count). The van der Waals surface area contributed by atoms with Gasteiger partial charge in [0, 0.05) is 5.69 Å². The third-order valence-corrected chi connectivity index (χ3v) is 1.99. The molecule has 4 nitrogen and oxygen atoms in total. The summed E-state index contributed by atoms with van der Waals surface area (Å²) in [6.07, 6.45) is -4.57. The van der Waals surface area contributed by atoms with E-state index in [0.717, 1.165) is 4.52 Å². The van der Waals surface area contributed by atoms with Gasteiger partial charge in [-0.2, -0.15) is 22.7 Å². The van der Waals surface area contributed by atoms with E-state index in [1.165, 1.54) is 6.07 Å². The zero-order chi connectivity index (χ0) is 11.2. The highest BCUT2D eigenvalue weighted by atomic mass is 32.1. The predicted molar refractivity (Wildman–Crippen MR) is 47.8 cm³/mol. The molecule has 0 aliphatic heterocycles. The highest BCUT2D eigenvalue weighted by Crippen LogP contribution is 2.26. The largest absolute Gasteiger partial charge is 0.453 e. The van der Waals surface area contributed by atoms with Crippen LogP contribution in [0.1, 0.15) is 11.5 Å². The second-order valence-corrected chi connectivity index (χ2v) is 3.36. The average Bonchev–Trinajstić information content (AvgIpc) is 2.46. The smallest absolute Gasteiger partial charge is 0.216 e. The molecule has 0 saturated carbocycles. The van der Waals surface area contributed by atoms with Crippen molar-refractivity contribution in [3.8, 4) is 0 Å². The normalized spacial score (nSPS) is 12.3. The van der Waals surface area contributed by atoms with Gasteiger partial charge in [0.1, 0.15) is 5.03 Å². The number of aromatic nitrogens is 4. The van der Waals surface area contributed by atoms with E-state index in [2.05, 4.69) is 27.7 Å². The standard InChI is InChI=1S/C7H5F3N4S/c1-3-2-4(15)14-6(11-3)12-5(13-14)7(8,9)10/h2,15H,1H3. The summed E-state index contributed by atoms with van der Waals surface area (Å²) in [5.74, 6) is -1.32. The average molecular weight is 234 g/mol. The SMILES string of the molecule is Cc1cc(S)n2nc(C(F)(F)F)nc2n1. The van der Waals surface area contributed by atoms with Crippen molar-refractivity contribution in [1.29, 1.82) is 0 Å². The second-order valence-electron chi connectivity index (χ2n) is 2.90. The van der Waals surface area contributed by atoms with E-state index in [4.69, 9.17) is 0 Å². The number of fused-ring (bicyclic) bond motifs is 1. The Kier molecular flexibility index (Phi) is 2.10. The molecule has 0 spiro atoms. The van der Waals surface area contributed by atoms with Gasteiger partial charge in [0.2, 0.25) is 0 Å². The number of halogens is 3. The summed E-state index contributed by atoms with van der Waals surface area (Å²) in [7, 11) is 0. The molecule has 0 radical (unpaired) electrons. The number of hydrogen-bond acceptors (Lipinski definition) is 4. The molecule has 0 aliphatic rings. The predicted octanol–water partition coefficient (Wildman–Crippen LogP) is 1.74. The van der Waals surface area contributed by atoms with Crippen LogP contribution >= 0.6 is 12.6 Å². The van der Waals surface area contributed by atoms with E-state index >= 15 is 0 Å². The zero-order valence-electron chi connectivity index (χ0n) is 7.45. The minimum absolute atomic E-state index is 0.104. The van der Waals surface area contributed by atoms with Crippen molar-refractivity contribution >= 4 is 18.4 Å². The molecule has 0 unspecified atom stereocenters. The van der Waals surface area contributed by atoms with Gasteiger partial charge < -0.3 is 0 Å². The van der Waals surface area contributed by atoms with E-state index < -0.39 is 12.0 Å². The van der Waals surface area contributed by atoms with Crippen LogP contribution in [0.5, 0.6) is 0 Å². The highest BCUT2D eigenvalue weighted by molar-refractivity contribution is 7.80. The lowest BCUT2D eigenvalue weighted by Gasteiger charge is -1.97. The molecule has 0 fully saturated rings. The first-order chi connectivity index (χ1) is 6.88. The van der Waals surface area contributed by atoms with Crippen LogP contribution in [0.15, 0.2) is 11.1 Å². The second kappa shape index (κ2) is 3.09.